The number of thiophene rings is 1. The number of hydrogen-bond acceptors (Lipinski definition) is 6. The molecule has 27 heavy (non-hydrogen) atoms. The van der Waals surface area contributed by atoms with E-state index in [0.717, 1.165) is 40.9 Å². The first kappa shape index (κ1) is 16.4. The molecule has 0 bridgehead atoms. The SMILES string of the molecule is C=CCn1c(Nc2ccc3c(c2)OCO3)nc2sc3c(c2c1=O)CCCC3. The van der Waals surface area contributed by atoms with Gasteiger partial charge in [-0.1, -0.05) is 6.08 Å². The van der Waals surface area contributed by atoms with E-state index in [9.17, 15) is 4.79 Å². The van der Waals surface area contributed by atoms with Crippen molar-refractivity contribution >= 4 is 33.2 Å². The zero-order valence-electron chi connectivity index (χ0n) is 14.8. The minimum atomic E-state index is 0.00235. The van der Waals surface area contributed by atoms with Gasteiger partial charge in [0.15, 0.2) is 11.5 Å². The molecule has 0 saturated heterocycles. The van der Waals surface area contributed by atoms with Gasteiger partial charge in [-0.05, 0) is 43.4 Å². The van der Waals surface area contributed by atoms with Gasteiger partial charge in [-0.3, -0.25) is 9.36 Å². The summed E-state index contributed by atoms with van der Waals surface area (Å²) in [4.78, 5) is 20.2. The molecular weight excluding hydrogens is 362 g/mol. The summed E-state index contributed by atoms with van der Waals surface area (Å²) in [5, 5.41) is 4.06. The smallest absolute Gasteiger partial charge is 0.264 e. The van der Waals surface area contributed by atoms with Gasteiger partial charge in [-0.15, -0.1) is 17.9 Å². The predicted molar refractivity (Wildman–Crippen MR) is 107 cm³/mol. The van der Waals surface area contributed by atoms with Crippen LogP contribution in [0.1, 0.15) is 23.3 Å². The number of rotatable bonds is 4. The third-order valence-corrected chi connectivity index (χ3v) is 6.20. The Morgan fingerprint density at radius 1 is 1.26 bits per heavy atom. The number of fused-ring (bicyclic) bond motifs is 4. The summed E-state index contributed by atoms with van der Waals surface area (Å²) in [6.07, 6.45) is 6.05. The first-order valence-corrected chi connectivity index (χ1v) is 9.89. The number of benzene rings is 1. The van der Waals surface area contributed by atoms with E-state index in [-0.39, 0.29) is 12.4 Å². The summed E-state index contributed by atoms with van der Waals surface area (Å²) in [7, 11) is 0. The molecule has 0 unspecified atom stereocenters. The fourth-order valence-corrected chi connectivity index (χ4v) is 4.99. The van der Waals surface area contributed by atoms with Crippen molar-refractivity contribution in [1.82, 2.24) is 9.55 Å². The van der Waals surface area contributed by atoms with E-state index in [1.54, 1.807) is 22.0 Å². The fourth-order valence-electron chi connectivity index (χ4n) is 3.74. The Hall–Kier alpha value is -2.80. The minimum Gasteiger partial charge on any atom is -0.454 e. The van der Waals surface area contributed by atoms with E-state index in [1.165, 1.54) is 16.9 Å². The number of nitrogens with one attached hydrogen (secondary N) is 1. The highest BCUT2D eigenvalue weighted by atomic mass is 32.1. The van der Waals surface area contributed by atoms with E-state index in [2.05, 4.69) is 11.9 Å². The van der Waals surface area contributed by atoms with E-state index < -0.39 is 0 Å². The highest BCUT2D eigenvalue weighted by Crippen LogP contribution is 2.36. The normalized spacial score (nSPS) is 15.0. The molecule has 2 aromatic heterocycles. The second-order valence-corrected chi connectivity index (χ2v) is 7.81. The Balaban J connectivity index is 1.63. The molecule has 6 nitrogen and oxygen atoms in total. The largest absolute Gasteiger partial charge is 0.454 e. The van der Waals surface area contributed by atoms with Crippen molar-refractivity contribution in [3.8, 4) is 11.5 Å². The number of hydrogen-bond donors (Lipinski definition) is 1. The first-order valence-electron chi connectivity index (χ1n) is 9.07. The molecule has 1 N–H and O–H groups in total. The number of ether oxygens (including phenoxy) is 2. The van der Waals surface area contributed by atoms with E-state index >= 15 is 0 Å². The molecule has 3 heterocycles. The molecule has 0 spiro atoms. The van der Waals surface area contributed by atoms with Crippen LogP contribution in [0.15, 0.2) is 35.6 Å². The zero-order chi connectivity index (χ0) is 18.4. The monoisotopic (exact) mass is 381 g/mol. The van der Waals surface area contributed by atoms with E-state index in [1.807, 2.05) is 18.2 Å². The van der Waals surface area contributed by atoms with Gasteiger partial charge in [-0.2, -0.15) is 0 Å². The molecule has 0 amide bonds. The summed E-state index contributed by atoms with van der Waals surface area (Å²) in [6, 6.07) is 5.60. The van der Waals surface area contributed by atoms with Gasteiger partial charge in [0, 0.05) is 23.2 Å². The number of aryl methyl sites for hydroxylation is 2. The highest BCUT2D eigenvalue weighted by Gasteiger charge is 2.22. The third kappa shape index (κ3) is 2.70. The second-order valence-electron chi connectivity index (χ2n) is 6.72. The van der Waals surface area contributed by atoms with Crippen LogP contribution in [0.5, 0.6) is 11.5 Å². The van der Waals surface area contributed by atoms with Crippen LogP contribution in [0.3, 0.4) is 0 Å². The molecule has 1 aliphatic heterocycles. The van der Waals surface area contributed by atoms with Crippen LogP contribution in [-0.2, 0) is 19.4 Å². The third-order valence-electron chi connectivity index (χ3n) is 5.02. The molecule has 3 aromatic rings. The Labute approximate surface area is 160 Å². The van der Waals surface area contributed by atoms with Gasteiger partial charge in [0.25, 0.3) is 5.56 Å². The van der Waals surface area contributed by atoms with Crippen LogP contribution in [0.25, 0.3) is 10.2 Å². The summed E-state index contributed by atoms with van der Waals surface area (Å²) < 4.78 is 12.4. The molecule has 0 atom stereocenters. The van der Waals surface area contributed by atoms with Gasteiger partial charge in [-0.25, -0.2) is 4.98 Å². The predicted octanol–water partition coefficient (Wildman–Crippen LogP) is 4.00. The lowest BCUT2D eigenvalue weighted by Crippen LogP contribution is -2.24. The number of anilines is 2. The van der Waals surface area contributed by atoms with Crippen LogP contribution >= 0.6 is 11.3 Å². The lowest BCUT2D eigenvalue weighted by molar-refractivity contribution is 0.174. The summed E-state index contributed by atoms with van der Waals surface area (Å²) in [5.74, 6) is 1.92. The van der Waals surface area contributed by atoms with Crippen molar-refractivity contribution in [3.05, 3.63) is 51.6 Å². The van der Waals surface area contributed by atoms with Gasteiger partial charge in [0.1, 0.15) is 4.83 Å². The van der Waals surface area contributed by atoms with Crippen molar-refractivity contribution in [2.75, 3.05) is 12.1 Å². The fraction of sp³-hybridized carbons (Fsp3) is 0.300. The van der Waals surface area contributed by atoms with Crippen molar-refractivity contribution in [3.63, 3.8) is 0 Å². The van der Waals surface area contributed by atoms with Gasteiger partial charge in [0.05, 0.1) is 5.39 Å². The van der Waals surface area contributed by atoms with Crippen LogP contribution in [-0.4, -0.2) is 16.3 Å². The molecule has 138 valence electrons. The lowest BCUT2D eigenvalue weighted by Gasteiger charge is -2.14. The zero-order valence-corrected chi connectivity index (χ0v) is 15.6. The number of nitrogens with zero attached hydrogens (tertiary/aromatic N) is 2. The highest BCUT2D eigenvalue weighted by molar-refractivity contribution is 7.18. The summed E-state index contributed by atoms with van der Waals surface area (Å²) in [6.45, 7) is 4.43. The number of allylic oxidation sites excluding steroid dienone is 1. The molecule has 7 heteroatoms. The van der Waals surface area contributed by atoms with Crippen molar-refractivity contribution in [1.29, 1.82) is 0 Å². The van der Waals surface area contributed by atoms with Crippen LogP contribution < -0.4 is 20.3 Å². The van der Waals surface area contributed by atoms with E-state index in [0.29, 0.717) is 18.2 Å². The molecule has 0 fully saturated rings. The average molecular weight is 381 g/mol. The van der Waals surface area contributed by atoms with Crippen LogP contribution in [0.4, 0.5) is 11.6 Å². The van der Waals surface area contributed by atoms with Crippen LogP contribution in [0.2, 0.25) is 0 Å². The van der Waals surface area contributed by atoms with Crippen molar-refractivity contribution < 1.29 is 9.47 Å². The molecule has 1 aromatic carbocycles. The maximum atomic E-state index is 13.2. The first-order chi connectivity index (χ1) is 13.2. The Kier molecular flexibility index (Phi) is 3.89. The maximum Gasteiger partial charge on any atom is 0.264 e. The minimum absolute atomic E-state index is 0.00235. The van der Waals surface area contributed by atoms with Gasteiger partial charge >= 0.3 is 0 Å². The van der Waals surface area contributed by atoms with Gasteiger partial charge in [0.2, 0.25) is 12.7 Å². The molecule has 0 saturated carbocycles. The summed E-state index contributed by atoms with van der Waals surface area (Å²) >= 11 is 1.65. The number of aromatic nitrogens is 2. The van der Waals surface area contributed by atoms with Crippen LogP contribution in [0, 0.1) is 0 Å². The molecular formula is C20H19N3O3S. The quantitative estimate of drug-likeness (QED) is 0.692. The lowest BCUT2D eigenvalue weighted by atomic mass is 9.97. The average Bonchev–Trinajstić information content (AvgIpc) is 3.28. The molecule has 0 radical (unpaired) electrons. The Bertz CT molecular complexity index is 1120. The second kappa shape index (κ2) is 6.42. The maximum absolute atomic E-state index is 13.2. The topological polar surface area (TPSA) is 65.4 Å². The molecule has 2 aliphatic rings. The standard InChI is InChI=1S/C20H19N3O3S/c1-2-9-23-19(24)17-13-5-3-4-6-16(13)27-18(17)22-20(23)21-12-7-8-14-15(10-12)26-11-25-14/h2,7-8,10H,1,3-6,9,11H2,(H,21,22). The van der Waals surface area contributed by atoms with Crippen molar-refractivity contribution in [2.24, 2.45) is 0 Å². The Morgan fingerprint density at radius 2 is 2.11 bits per heavy atom. The van der Waals surface area contributed by atoms with E-state index in [4.69, 9.17) is 14.5 Å². The van der Waals surface area contributed by atoms with Crippen molar-refractivity contribution in [2.45, 2.75) is 32.2 Å². The summed E-state index contributed by atoms with van der Waals surface area (Å²) in [5.41, 5.74) is 2.00. The molecule has 5 rings (SSSR count). The molecule has 1 aliphatic carbocycles. The Morgan fingerprint density at radius 3 is 3.00 bits per heavy atom. The van der Waals surface area contributed by atoms with Gasteiger partial charge < -0.3 is 14.8 Å².